The first-order chi connectivity index (χ1) is 12.5. The predicted octanol–water partition coefficient (Wildman–Crippen LogP) is 4.01. The number of halogens is 3. The van der Waals surface area contributed by atoms with Crippen LogP contribution in [-0.4, -0.2) is 29.0 Å². The number of rotatable bonds is 7. The summed E-state index contributed by atoms with van der Waals surface area (Å²) in [5.41, 5.74) is 0.352. The van der Waals surface area contributed by atoms with Crippen LogP contribution in [0.4, 0.5) is 8.78 Å². The molecule has 2 aromatic carbocycles. The molecule has 2 rings (SSSR count). The summed E-state index contributed by atoms with van der Waals surface area (Å²) in [4.78, 5) is 5.16. The molecule has 0 saturated carbocycles. The molecule has 0 aliphatic carbocycles. The van der Waals surface area contributed by atoms with Gasteiger partial charge in [-0.05, 0) is 32.0 Å². The van der Waals surface area contributed by atoms with E-state index in [1.54, 1.807) is 6.92 Å². The van der Waals surface area contributed by atoms with E-state index >= 15 is 0 Å². The van der Waals surface area contributed by atoms with Crippen molar-refractivity contribution in [2.24, 2.45) is 4.99 Å². The molecule has 0 aromatic heterocycles. The van der Waals surface area contributed by atoms with Gasteiger partial charge in [-0.3, -0.25) is 9.20 Å². The Morgan fingerprint density at radius 2 is 1.89 bits per heavy atom. The molecule has 2 aromatic rings. The van der Waals surface area contributed by atoms with E-state index in [1.165, 1.54) is 12.1 Å². The van der Waals surface area contributed by atoms with Crippen molar-refractivity contribution in [2.75, 3.05) is 18.8 Å². The first-order valence-corrected chi connectivity index (χ1v) is 9.76. The van der Waals surface area contributed by atoms with Crippen molar-refractivity contribution in [3.63, 3.8) is 0 Å². The highest BCUT2D eigenvalue weighted by molar-refractivity contribution is 14.0. The highest BCUT2D eigenvalue weighted by Gasteiger charge is 2.13. The number of hydrogen-bond donors (Lipinski definition) is 2. The average molecular weight is 507 g/mol. The summed E-state index contributed by atoms with van der Waals surface area (Å²) in [7, 11) is -1.12. The van der Waals surface area contributed by atoms with Gasteiger partial charge in [-0.15, -0.1) is 24.0 Å². The zero-order chi connectivity index (χ0) is 18.9. The first-order valence-electron chi connectivity index (χ1n) is 8.44. The summed E-state index contributed by atoms with van der Waals surface area (Å²) in [6.07, 6.45) is 0. The molecule has 4 nitrogen and oxygen atoms in total. The molecule has 8 heteroatoms. The van der Waals surface area contributed by atoms with E-state index < -0.39 is 28.5 Å². The number of aliphatic imine (C=N–C) groups is 1. The third kappa shape index (κ3) is 7.53. The highest BCUT2D eigenvalue weighted by Crippen LogP contribution is 2.17. The molecular formula is C19H24F2IN3OS. The molecule has 27 heavy (non-hydrogen) atoms. The molecule has 148 valence electrons. The molecule has 0 aliphatic rings. The summed E-state index contributed by atoms with van der Waals surface area (Å²) in [5, 5.41) is 6.16. The Balaban J connectivity index is 0.00000364. The summed E-state index contributed by atoms with van der Waals surface area (Å²) in [6, 6.07) is 12.3. The fraction of sp³-hybridized carbons (Fsp3) is 0.316. The van der Waals surface area contributed by atoms with Crippen molar-refractivity contribution < 1.29 is 13.0 Å². The Bertz CT molecular complexity index is 775. The van der Waals surface area contributed by atoms with Crippen LogP contribution in [0.25, 0.3) is 0 Å². The Kier molecular flexibility index (Phi) is 10.5. The van der Waals surface area contributed by atoms with E-state index in [0.29, 0.717) is 30.4 Å². The maximum absolute atomic E-state index is 13.9. The van der Waals surface area contributed by atoms with Crippen LogP contribution in [0.15, 0.2) is 58.4 Å². The molecule has 0 fully saturated rings. The lowest BCUT2D eigenvalue weighted by Gasteiger charge is -2.18. The van der Waals surface area contributed by atoms with Gasteiger partial charge in [0, 0.05) is 28.8 Å². The van der Waals surface area contributed by atoms with Crippen LogP contribution in [0, 0.1) is 11.6 Å². The summed E-state index contributed by atoms with van der Waals surface area (Å²) in [5.74, 6) is -0.331. The largest absolute Gasteiger partial charge is 0.357 e. The third-order valence-electron chi connectivity index (χ3n) is 3.68. The van der Waals surface area contributed by atoms with E-state index in [-0.39, 0.29) is 24.0 Å². The Morgan fingerprint density at radius 3 is 2.52 bits per heavy atom. The smallest absolute Gasteiger partial charge is 0.191 e. The minimum Gasteiger partial charge on any atom is -0.357 e. The van der Waals surface area contributed by atoms with Gasteiger partial charge in [0.15, 0.2) is 5.96 Å². The van der Waals surface area contributed by atoms with Crippen molar-refractivity contribution in [3.8, 4) is 0 Å². The van der Waals surface area contributed by atoms with Gasteiger partial charge in [0.05, 0.1) is 23.4 Å². The second kappa shape index (κ2) is 12.0. The zero-order valence-corrected chi connectivity index (χ0v) is 18.4. The topological polar surface area (TPSA) is 53.5 Å². The predicted molar refractivity (Wildman–Crippen MR) is 117 cm³/mol. The van der Waals surface area contributed by atoms with E-state index in [9.17, 15) is 13.0 Å². The molecular weight excluding hydrogens is 483 g/mol. The molecule has 0 radical (unpaired) electrons. The van der Waals surface area contributed by atoms with Gasteiger partial charge in [0.25, 0.3) is 0 Å². The van der Waals surface area contributed by atoms with Crippen LogP contribution in [0.5, 0.6) is 0 Å². The van der Waals surface area contributed by atoms with Crippen molar-refractivity contribution in [2.45, 2.75) is 24.8 Å². The van der Waals surface area contributed by atoms with E-state index in [1.807, 2.05) is 37.3 Å². The molecule has 0 saturated heterocycles. The molecule has 0 amide bonds. The third-order valence-corrected chi connectivity index (χ3v) is 5.03. The highest BCUT2D eigenvalue weighted by atomic mass is 127. The van der Waals surface area contributed by atoms with Gasteiger partial charge in [0.2, 0.25) is 0 Å². The second-order valence-electron chi connectivity index (χ2n) is 5.66. The standard InChI is InChI=1S/C19H23F2N3OS.HI/c1-3-22-19(23-11-12-26(25)16-7-5-4-6-8-16)24-14(2)17-10-9-15(20)13-18(17)21;/h4-10,13-14H,3,11-12H2,1-2H3,(H2,22,23,24);1H. The lowest BCUT2D eigenvalue weighted by Crippen LogP contribution is -2.39. The van der Waals surface area contributed by atoms with Crippen LogP contribution in [0.3, 0.4) is 0 Å². The van der Waals surface area contributed by atoms with Gasteiger partial charge in [-0.25, -0.2) is 8.78 Å². The normalized spacial score (nSPS) is 13.4. The molecule has 0 spiro atoms. The van der Waals surface area contributed by atoms with E-state index in [4.69, 9.17) is 0 Å². The Hall–Kier alpha value is -1.55. The number of nitrogens with zero attached hydrogens (tertiary/aromatic N) is 1. The number of guanidine groups is 1. The minimum atomic E-state index is -1.12. The molecule has 2 atom stereocenters. The van der Waals surface area contributed by atoms with Crippen molar-refractivity contribution in [1.29, 1.82) is 0 Å². The fourth-order valence-corrected chi connectivity index (χ4v) is 3.34. The maximum atomic E-state index is 13.9. The van der Waals surface area contributed by atoms with Gasteiger partial charge in [-0.2, -0.15) is 0 Å². The lowest BCUT2D eigenvalue weighted by atomic mass is 10.1. The average Bonchev–Trinajstić information content (AvgIpc) is 2.62. The minimum absolute atomic E-state index is 0. The second-order valence-corrected chi connectivity index (χ2v) is 7.23. The first kappa shape index (κ1) is 23.5. The van der Waals surface area contributed by atoms with Crippen LogP contribution >= 0.6 is 24.0 Å². The van der Waals surface area contributed by atoms with E-state index in [0.717, 1.165) is 11.0 Å². The Morgan fingerprint density at radius 1 is 1.19 bits per heavy atom. The summed E-state index contributed by atoms with van der Waals surface area (Å²) in [6.45, 7) is 4.68. The summed E-state index contributed by atoms with van der Waals surface area (Å²) >= 11 is 0. The van der Waals surface area contributed by atoms with Crippen LogP contribution in [0.2, 0.25) is 0 Å². The van der Waals surface area contributed by atoms with Crippen LogP contribution in [-0.2, 0) is 10.8 Å². The molecule has 2 unspecified atom stereocenters. The van der Waals surface area contributed by atoms with Crippen molar-refractivity contribution >= 4 is 40.7 Å². The van der Waals surface area contributed by atoms with Gasteiger partial charge in [-0.1, -0.05) is 24.3 Å². The molecule has 0 aliphatic heterocycles. The van der Waals surface area contributed by atoms with Gasteiger partial charge >= 0.3 is 0 Å². The quantitative estimate of drug-likeness (QED) is 0.339. The van der Waals surface area contributed by atoms with Gasteiger partial charge in [0.1, 0.15) is 11.6 Å². The molecule has 0 bridgehead atoms. The number of benzene rings is 2. The number of hydrogen-bond acceptors (Lipinski definition) is 2. The zero-order valence-electron chi connectivity index (χ0n) is 15.2. The van der Waals surface area contributed by atoms with Crippen molar-refractivity contribution in [3.05, 3.63) is 65.7 Å². The SMILES string of the molecule is CCNC(=NCCS(=O)c1ccccc1)NC(C)c1ccc(F)cc1F.I. The summed E-state index contributed by atoms with van der Waals surface area (Å²) < 4.78 is 39.2. The molecule has 0 heterocycles. The van der Waals surface area contributed by atoms with Crippen LogP contribution in [0.1, 0.15) is 25.5 Å². The maximum Gasteiger partial charge on any atom is 0.191 e. The Labute approximate surface area is 178 Å². The van der Waals surface area contributed by atoms with Gasteiger partial charge < -0.3 is 10.6 Å². The van der Waals surface area contributed by atoms with E-state index in [2.05, 4.69) is 15.6 Å². The molecule has 2 N–H and O–H groups in total. The number of nitrogens with one attached hydrogen (secondary N) is 2. The fourth-order valence-electron chi connectivity index (χ4n) is 2.39. The monoisotopic (exact) mass is 507 g/mol. The van der Waals surface area contributed by atoms with Crippen LogP contribution < -0.4 is 10.6 Å². The lowest BCUT2D eigenvalue weighted by molar-refractivity contribution is 0.551. The van der Waals surface area contributed by atoms with Crippen molar-refractivity contribution in [1.82, 2.24) is 10.6 Å².